The largest absolute Gasteiger partial charge is 0.481 e. The van der Waals surface area contributed by atoms with E-state index in [1.54, 1.807) is 26.3 Å². The van der Waals surface area contributed by atoms with Crippen LogP contribution in [0.3, 0.4) is 0 Å². The molecule has 0 aliphatic carbocycles. The molecule has 0 saturated heterocycles. The molecule has 20 heavy (non-hydrogen) atoms. The van der Waals surface area contributed by atoms with Crippen molar-refractivity contribution in [3.63, 3.8) is 0 Å². The van der Waals surface area contributed by atoms with Crippen molar-refractivity contribution in [3.8, 4) is 5.88 Å². The molecule has 0 saturated carbocycles. The number of nitro groups is 1. The molecule has 0 atom stereocenters. The number of methoxy groups -OCH3 is 1. The van der Waals surface area contributed by atoms with Crippen molar-refractivity contribution in [2.24, 2.45) is 0 Å². The fourth-order valence-electron chi connectivity index (χ4n) is 1.86. The summed E-state index contributed by atoms with van der Waals surface area (Å²) in [6.45, 7) is 2.20. The van der Waals surface area contributed by atoms with Crippen molar-refractivity contribution in [2.75, 3.05) is 12.4 Å². The third kappa shape index (κ3) is 3.03. The van der Waals surface area contributed by atoms with Gasteiger partial charge < -0.3 is 10.1 Å². The molecule has 0 aliphatic rings. The second-order valence-electron chi connectivity index (χ2n) is 4.28. The van der Waals surface area contributed by atoms with Crippen LogP contribution < -0.4 is 10.1 Å². The molecule has 2 aromatic rings. The predicted molar refractivity (Wildman–Crippen MR) is 75.9 cm³/mol. The number of benzene rings is 1. The number of rotatable bonds is 5. The van der Waals surface area contributed by atoms with Crippen LogP contribution in [0.4, 0.5) is 11.4 Å². The van der Waals surface area contributed by atoms with Crippen LogP contribution in [0.5, 0.6) is 5.88 Å². The molecule has 0 bridgehead atoms. The quantitative estimate of drug-likeness (QED) is 0.669. The lowest BCUT2D eigenvalue weighted by Crippen LogP contribution is -2.03. The van der Waals surface area contributed by atoms with Gasteiger partial charge in [-0.15, -0.1) is 0 Å². The summed E-state index contributed by atoms with van der Waals surface area (Å²) < 4.78 is 5.16. The second-order valence-corrected chi connectivity index (χ2v) is 4.28. The maximum absolute atomic E-state index is 10.9. The minimum Gasteiger partial charge on any atom is -0.481 e. The predicted octanol–water partition coefficient (Wildman–Crippen LogP) is 2.92. The van der Waals surface area contributed by atoms with E-state index in [2.05, 4.69) is 10.3 Å². The normalized spacial score (nSPS) is 10.1. The molecule has 0 radical (unpaired) electrons. The number of anilines is 1. The maximum Gasteiger partial charge on any atom is 0.274 e. The SMILES string of the molecule is COc1ncccc1CNc1ccc(C)c([N+](=O)[O-])c1. The molecule has 0 unspecified atom stereocenters. The van der Waals surface area contributed by atoms with E-state index in [0.717, 1.165) is 5.56 Å². The van der Waals surface area contributed by atoms with E-state index in [1.807, 2.05) is 18.2 Å². The van der Waals surface area contributed by atoms with Gasteiger partial charge in [0.25, 0.3) is 5.69 Å². The van der Waals surface area contributed by atoms with Gasteiger partial charge in [0.1, 0.15) is 0 Å². The van der Waals surface area contributed by atoms with E-state index >= 15 is 0 Å². The Balaban J connectivity index is 2.15. The van der Waals surface area contributed by atoms with Gasteiger partial charge in [-0.3, -0.25) is 10.1 Å². The van der Waals surface area contributed by atoms with E-state index in [-0.39, 0.29) is 10.6 Å². The van der Waals surface area contributed by atoms with Crippen LogP contribution in [0.1, 0.15) is 11.1 Å². The molecular formula is C14H15N3O3. The first-order valence-electron chi connectivity index (χ1n) is 6.08. The third-order valence-corrected chi connectivity index (χ3v) is 2.93. The number of nitrogens with zero attached hydrogens (tertiary/aromatic N) is 2. The lowest BCUT2D eigenvalue weighted by molar-refractivity contribution is -0.385. The Bertz CT molecular complexity index is 629. The zero-order valence-corrected chi connectivity index (χ0v) is 11.3. The second kappa shape index (κ2) is 6.01. The first-order chi connectivity index (χ1) is 9.61. The van der Waals surface area contributed by atoms with E-state index < -0.39 is 0 Å². The lowest BCUT2D eigenvalue weighted by atomic mass is 10.2. The molecular weight excluding hydrogens is 258 g/mol. The Morgan fingerprint density at radius 2 is 2.20 bits per heavy atom. The fourth-order valence-corrected chi connectivity index (χ4v) is 1.86. The first kappa shape index (κ1) is 13.8. The third-order valence-electron chi connectivity index (χ3n) is 2.93. The van der Waals surface area contributed by atoms with Crippen molar-refractivity contribution in [1.29, 1.82) is 0 Å². The van der Waals surface area contributed by atoms with E-state index in [9.17, 15) is 10.1 Å². The molecule has 6 heteroatoms. The highest BCUT2D eigenvalue weighted by atomic mass is 16.6. The fraction of sp³-hybridized carbons (Fsp3) is 0.214. The van der Waals surface area contributed by atoms with Gasteiger partial charge in [0.2, 0.25) is 5.88 Å². The van der Waals surface area contributed by atoms with Gasteiger partial charge in [0.05, 0.1) is 12.0 Å². The Morgan fingerprint density at radius 3 is 2.90 bits per heavy atom. The molecule has 0 amide bonds. The molecule has 0 aliphatic heterocycles. The smallest absolute Gasteiger partial charge is 0.274 e. The van der Waals surface area contributed by atoms with Crippen LogP contribution in [0.25, 0.3) is 0 Å². The van der Waals surface area contributed by atoms with Gasteiger partial charge >= 0.3 is 0 Å². The Morgan fingerprint density at radius 1 is 1.40 bits per heavy atom. The first-order valence-corrected chi connectivity index (χ1v) is 6.08. The molecule has 1 N–H and O–H groups in total. The summed E-state index contributed by atoms with van der Waals surface area (Å²) in [6.07, 6.45) is 1.65. The molecule has 1 aromatic carbocycles. The molecule has 104 valence electrons. The van der Waals surface area contributed by atoms with Crippen molar-refractivity contribution in [2.45, 2.75) is 13.5 Å². The van der Waals surface area contributed by atoms with Crippen LogP contribution >= 0.6 is 0 Å². The van der Waals surface area contributed by atoms with E-state index in [0.29, 0.717) is 23.7 Å². The number of aromatic nitrogens is 1. The van der Waals surface area contributed by atoms with Gasteiger partial charge in [-0.25, -0.2) is 4.98 Å². The van der Waals surface area contributed by atoms with Crippen LogP contribution in [-0.4, -0.2) is 17.0 Å². The monoisotopic (exact) mass is 273 g/mol. The number of pyridine rings is 1. The van der Waals surface area contributed by atoms with Crippen molar-refractivity contribution < 1.29 is 9.66 Å². The van der Waals surface area contributed by atoms with Gasteiger partial charge in [-0.1, -0.05) is 12.1 Å². The van der Waals surface area contributed by atoms with Crippen LogP contribution in [0, 0.1) is 17.0 Å². The number of ether oxygens (including phenoxy) is 1. The van der Waals surface area contributed by atoms with Crippen LogP contribution in [0.2, 0.25) is 0 Å². The highest BCUT2D eigenvalue weighted by Crippen LogP contribution is 2.23. The molecule has 0 spiro atoms. The summed E-state index contributed by atoms with van der Waals surface area (Å²) in [6, 6.07) is 8.77. The van der Waals surface area contributed by atoms with E-state index in [1.165, 1.54) is 6.07 Å². The molecule has 0 fully saturated rings. The Hall–Kier alpha value is -2.63. The van der Waals surface area contributed by atoms with Crippen LogP contribution in [-0.2, 0) is 6.54 Å². The number of aryl methyl sites for hydroxylation is 1. The summed E-state index contributed by atoms with van der Waals surface area (Å²) in [5.74, 6) is 0.543. The average molecular weight is 273 g/mol. The van der Waals surface area contributed by atoms with Gasteiger partial charge in [-0.2, -0.15) is 0 Å². The van der Waals surface area contributed by atoms with Gasteiger partial charge in [0.15, 0.2) is 0 Å². The number of hydrogen-bond donors (Lipinski definition) is 1. The van der Waals surface area contributed by atoms with Crippen LogP contribution in [0.15, 0.2) is 36.5 Å². The zero-order valence-electron chi connectivity index (χ0n) is 11.3. The Labute approximate surface area is 116 Å². The minimum atomic E-state index is -0.384. The molecule has 6 nitrogen and oxygen atoms in total. The Kier molecular flexibility index (Phi) is 4.14. The summed E-state index contributed by atoms with van der Waals surface area (Å²) in [5, 5.41) is 14.0. The number of hydrogen-bond acceptors (Lipinski definition) is 5. The van der Waals surface area contributed by atoms with E-state index in [4.69, 9.17) is 4.74 Å². The topological polar surface area (TPSA) is 77.3 Å². The highest BCUT2D eigenvalue weighted by molar-refractivity contribution is 5.55. The minimum absolute atomic E-state index is 0.105. The van der Waals surface area contributed by atoms with Crippen molar-refractivity contribution >= 4 is 11.4 Å². The zero-order chi connectivity index (χ0) is 14.5. The van der Waals surface area contributed by atoms with Gasteiger partial charge in [-0.05, 0) is 19.1 Å². The average Bonchev–Trinajstić information content (AvgIpc) is 2.46. The molecule has 1 heterocycles. The van der Waals surface area contributed by atoms with Crippen molar-refractivity contribution in [3.05, 3.63) is 57.8 Å². The molecule has 1 aromatic heterocycles. The van der Waals surface area contributed by atoms with Crippen molar-refractivity contribution in [1.82, 2.24) is 4.98 Å². The van der Waals surface area contributed by atoms with Gasteiger partial charge in [0, 0.05) is 35.6 Å². The molecule has 2 rings (SSSR count). The summed E-state index contributed by atoms with van der Waals surface area (Å²) >= 11 is 0. The summed E-state index contributed by atoms with van der Waals surface area (Å²) in [5.41, 5.74) is 2.32. The standard InChI is InChI=1S/C14H15N3O3/c1-10-5-6-12(8-13(10)17(18)19)16-9-11-4-3-7-15-14(11)20-2/h3-8,16H,9H2,1-2H3. The lowest BCUT2D eigenvalue weighted by Gasteiger charge is -2.09. The highest BCUT2D eigenvalue weighted by Gasteiger charge is 2.11. The summed E-state index contributed by atoms with van der Waals surface area (Å²) in [4.78, 5) is 14.6. The summed E-state index contributed by atoms with van der Waals surface area (Å²) in [7, 11) is 1.56. The number of nitro benzene ring substituents is 1. The maximum atomic E-state index is 10.9. The number of nitrogens with one attached hydrogen (secondary N) is 1.